The SMILES string of the molecule is CCN(CC)S(=O)(=O)c1ccc(N2CCN(C(=O)CCc3ccco3)CC2)c([N+](=O)[O-])c1. The number of aryl methyl sites for hydroxylation is 1. The van der Waals surface area contributed by atoms with Gasteiger partial charge >= 0.3 is 0 Å². The van der Waals surface area contributed by atoms with Crippen LogP contribution < -0.4 is 4.90 Å². The summed E-state index contributed by atoms with van der Waals surface area (Å²) in [6.07, 6.45) is 2.44. The van der Waals surface area contributed by atoms with E-state index in [4.69, 9.17) is 4.42 Å². The number of benzene rings is 1. The van der Waals surface area contributed by atoms with Gasteiger partial charge in [0.25, 0.3) is 5.69 Å². The van der Waals surface area contributed by atoms with Crippen LogP contribution in [0.25, 0.3) is 0 Å². The molecular formula is C21H28N4O6S. The number of nitro groups is 1. The molecule has 2 aromatic rings. The van der Waals surface area contributed by atoms with Crippen LogP contribution in [0, 0.1) is 10.1 Å². The van der Waals surface area contributed by atoms with Crippen molar-refractivity contribution in [3.05, 3.63) is 52.5 Å². The minimum atomic E-state index is -3.80. The smallest absolute Gasteiger partial charge is 0.293 e. The van der Waals surface area contributed by atoms with Crippen LogP contribution in [0.4, 0.5) is 11.4 Å². The molecule has 1 fully saturated rings. The Morgan fingerprint density at radius 2 is 1.84 bits per heavy atom. The van der Waals surface area contributed by atoms with Crippen LogP contribution in [0.1, 0.15) is 26.0 Å². The molecule has 174 valence electrons. The zero-order chi connectivity index (χ0) is 23.3. The molecule has 0 radical (unpaired) electrons. The first-order valence-electron chi connectivity index (χ1n) is 10.6. The van der Waals surface area contributed by atoms with Gasteiger partial charge in [-0.3, -0.25) is 14.9 Å². The molecular weight excluding hydrogens is 436 g/mol. The lowest BCUT2D eigenvalue weighted by Gasteiger charge is -2.36. The third kappa shape index (κ3) is 5.10. The van der Waals surface area contributed by atoms with E-state index in [-0.39, 0.29) is 29.6 Å². The lowest BCUT2D eigenvalue weighted by atomic mass is 10.2. The maximum atomic E-state index is 12.8. The van der Waals surface area contributed by atoms with Crippen molar-refractivity contribution in [3.63, 3.8) is 0 Å². The number of nitro benzene ring substituents is 1. The van der Waals surface area contributed by atoms with Crippen molar-refractivity contribution in [1.29, 1.82) is 0 Å². The molecule has 0 unspecified atom stereocenters. The van der Waals surface area contributed by atoms with Gasteiger partial charge in [-0.15, -0.1) is 0 Å². The average Bonchev–Trinajstić information content (AvgIpc) is 3.31. The van der Waals surface area contributed by atoms with Crippen LogP contribution in [0.2, 0.25) is 0 Å². The van der Waals surface area contributed by atoms with Crippen molar-refractivity contribution in [2.45, 2.75) is 31.6 Å². The summed E-state index contributed by atoms with van der Waals surface area (Å²) in [5.41, 5.74) is 0.104. The Balaban J connectivity index is 1.70. The fraction of sp³-hybridized carbons (Fsp3) is 0.476. The molecule has 10 nitrogen and oxygen atoms in total. The molecule has 1 aliphatic heterocycles. The number of amides is 1. The van der Waals surface area contributed by atoms with Gasteiger partial charge in [0.05, 0.1) is 16.1 Å². The summed E-state index contributed by atoms with van der Waals surface area (Å²) >= 11 is 0. The predicted molar refractivity (Wildman–Crippen MR) is 119 cm³/mol. The number of piperazine rings is 1. The molecule has 0 N–H and O–H groups in total. The number of sulfonamides is 1. The van der Waals surface area contributed by atoms with Crippen molar-refractivity contribution >= 4 is 27.3 Å². The van der Waals surface area contributed by atoms with Crippen LogP contribution in [-0.4, -0.2) is 67.7 Å². The lowest BCUT2D eigenvalue weighted by molar-refractivity contribution is -0.384. The van der Waals surface area contributed by atoms with Crippen LogP contribution in [0.5, 0.6) is 0 Å². The first-order valence-corrected chi connectivity index (χ1v) is 12.1. The van der Waals surface area contributed by atoms with E-state index in [1.807, 2.05) is 11.0 Å². The summed E-state index contributed by atoms with van der Waals surface area (Å²) < 4.78 is 32.0. The highest BCUT2D eigenvalue weighted by molar-refractivity contribution is 7.89. The fourth-order valence-corrected chi connectivity index (χ4v) is 5.31. The molecule has 1 amide bonds. The number of rotatable bonds is 9. The van der Waals surface area contributed by atoms with Crippen molar-refractivity contribution < 1.29 is 22.6 Å². The van der Waals surface area contributed by atoms with Crippen molar-refractivity contribution in [1.82, 2.24) is 9.21 Å². The minimum Gasteiger partial charge on any atom is -0.469 e. The van der Waals surface area contributed by atoms with Gasteiger partial charge in [-0.25, -0.2) is 8.42 Å². The molecule has 3 rings (SSSR count). The Morgan fingerprint density at radius 3 is 2.41 bits per heavy atom. The second-order valence-corrected chi connectivity index (χ2v) is 9.38. The zero-order valence-electron chi connectivity index (χ0n) is 18.3. The van der Waals surface area contributed by atoms with Crippen LogP contribution in [0.3, 0.4) is 0 Å². The molecule has 0 aliphatic carbocycles. The van der Waals surface area contributed by atoms with Gasteiger partial charge in [-0.2, -0.15) is 4.31 Å². The van der Waals surface area contributed by atoms with E-state index in [0.29, 0.717) is 44.7 Å². The summed E-state index contributed by atoms with van der Waals surface area (Å²) in [5, 5.41) is 11.7. The molecule has 11 heteroatoms. The van der Waals surface area contributed by atoms with E-state index in [0.717, 1.165) is 11.8 Å². The number of hydrogen-bond donors (Lipinski definition) is 0. The predicted octanol–water partition coefficient (Wildman–Crippen LogP) is 2.50. The molecule has 1 aromatic heterocycles. The Bertz CT molecular complexity index is 1040. The van der Waals surface area contributed by atoms with Crippen molar-refractivity contribution in [3.8, 4) is 0 Å². The normalized spacial score (nSPS) is 14.7. The van der Waals surface area contributed by atoms with E-state index >= 15 is 0 Å². The first-order chi connectivity index (χ1) is 15.3. The lowest BCUT2D eigenvalue weighted by Crippen LogP contribution is -2.49. The van der Waals surface area contributed by atoms with Gasteiger partial charge in [0.2, 0.25) is 15.9 Å². The number of nitrogens with zero attached hydrogens (tertiary/aromatic N) is 4. The van der Waals surface area contributed by atoms with Crippen molar-refractivity contribution in [2.24, 2.45) is 0 Å². The summed E-state index contributed by atoms with van der Waals surface area (Å²) in [6.45, 7) is 5.74. The molecule has 1 aromatic carbocycles. The Hall–Kier alpha value is -2.92. The van der Waals surface area contributed by atoms with Gasteiger partial charge < -0.3 is 14.2 Å². The molecule has 0 bridgehead atoms. The number of carbonyl (C=O) groups excluding carboxylic acids is 1. The topological polar surface area (TPSA) is 117 Å². The average molecular weight is 465 g/mol. The molecule has 0 atom stereocenters. The standard InChI is InChI=1S/C21H28N4O6S/c1-3-24(4-2)32(29,30)18-8-9-19(20(16-18)25(27)28)22-11-13-23(14-12-22)21(26)10-7-17-6-5-15-31-17/h5-6,8-9,15-16H,3-4,7,10-14H2,1-2H3. The minimum absolute atomic E-state index is 0.0104. The van der Waals surface area contributed by atoms with E-state index in [9.17, 15) is 23.3 Å². The van der Waals surface area contributed by atoms with Crippen LogP contribution in [0.15, 0.2) is 45.9 Å². The Morgan fingerprint density at radius 1 is 1.16 bits per heavy atom. The van der Waals surface area contributed by atoms with Gasteiger partial charge in [-0.1, -0.05) is 13.8 Å². The molecule has 0 spiro atoms. The summed E-state index contributed by atoms with van der Waals surface area (Å²) in [6, 6.07) is 7.64. The largest absolute Gasteiger partial charge is 0.469 e. The van der Waals surface area contributed by atoms with Crippen molar-refractivity contribution in [2.75, 3.05) is 44.2 Å². The molecule has 32 heavy (non-hydrogen) atoms. The number of carbonyl (C=O) groups is 1. The Kier molecular flexibility index (Phi) is 7.52. The quantitative estimate of drug-likeness (QED) is 0.413. The third-order valence-corrected chi connectivity index (χ3v) is 7.67. The zero-order valence-corrected chi connectivity index (χ0v) is 19.1. The molecule has 1 aliphatic rings. The van der Waals surface area contributed by atoms with E-state index in [1.165, 1.54) is 16.4 Å². The monoisotopic (exact) mass is 464 g/mol. The fourth-order valence-electron chi connectivity index (χ4n) is 3.83. The number of hydrogen-bond acceptors (Lipinski definition) is 7. The number of furan rings is 1. The third-order valence-electron chi connectivity index (χ3n) is 5.63. The van der Waals surface area contributed by atoms with Crippen LogP contribution in [-0.2, 0) is 21.2 Å². The van der Waals surface area contributed by atoms with Gasteiger partial charge in [0.1, 0.15) is 11.4 Å². The highest BCUT2D eigenvalue weighted by Crippen LogP contribution is 2.32. The van der Waals surface area contributed by atoms with Gasteiger partial charge in [0.15, 0.2) is 0 Å². The van der Waals surface area contributed by atoms with E-state index < -0.39 is 14.9 Å². The Labute approximate surface area is 187 Å². The second kappa shape index (κ2) is 10.1. The maximum absolute atomic E-state index is 12.8. The maximum Gasteiger partial charge on any atom is 0.293 e. The van der Waals surface area contributed by atoms with Crippen LogP contribution >= 0.6 is 0 Å². The summed E-state index contributed by atoms with van der Waals surface area (Å²) in [7, 11) is -3.80. The molecule has 2 heterocycles. The highest BCUT2D eigenvalue weighted by Gasteiger charge is 2.29. The second-order valence-electron chi connectivity index (χ2n) is 7.44. The van der Waals surface area contributed by atoms with Gasteiger partial charge in [-0.05, 0) is 24.3 Å². The molecule has 1 saturated heterocycles. The van der Waals surface area contributed by atoms with E-state index in [1.54, 1.807) is 31.1 Å². The van der Waals surface area contributed by atoms with E-state index in [2.05, 4.69) is 0 Å². The first kappa shape index (κ1) is 23.7. The molecule has 0 saturated carbocycles. The van der Waals surface area contributed by atoms with Gasteiger partial charge in [0, 0.05) is 58.2 Å². The number of anilines is 1. The summed E-state index contributed by atoms with van der Waals surface area (Å²) in [5.74, 6) is 0.767. The highest BCUT2D eigenvalue weighted by atomic mass is 32.2. The summed E-state index contributed by atoms with van der Waals surface area (Å²) in [4.78, 5) is 27.1.